The lowest BCUT2D eigenvalue weighted by molar-refractivity contribution is -0.121. The molecule has 0 aliphatic rings. The van der Waals surface area contributed by atoms with Gasteiger partial charge in [-0.1, -0.05) is 48.5 Å². The van der Waals surface area contributed by atoms with Crippen LogP contribution in [0, 0.1) is 0 Å². The van der Waals surface area contributed by atoms with Crippen molar-refractivity contribution in [2.45, 2.75) is 25.2 Å². The molecule has 1 atom stereocenters. The van der Waals surface area contributed by atoms with E-state index in [-0.39, 0.29) is 11.8 Å². The third-order valence-electron chi connectivity index (χ3n) is 6.54. The summed E-state index contributed by atoms with van der Waals surface area (Å²) in [5, 5.41) is 5.60. The van der Waals surface area contributed by atoms with Gasteiger partial charge in [-0.25, -0.2) is 0 Å². The molecule has 0 aliphatic heterocycles. The number of amides is 1. The molecular formula is C29H29N3O2. The van der Waals surface area contributed by atoms with E-state index in [1.807, 2.05) is 30.3 Å². The number of ether oxygens (including phenoxy) is 1. The first-order chi connectivity index (χ1) is 16.7. The quantitative estimate of drug-likeness (QED) is 0.260. The van der Waals surface area contributed by atoms with Gasteiger partial charge in [0.05, 0.1) is 7.11 Å². The van der Waals surface area contributed by atoms with Crippen LogP contribution in [0.25, 0.3) is 21.8 Å². The maximum Gasteiger partial charge on any atom is 0.220 e. The molecule has 34 heavy (non-hydrogen) atoms. The summed E-state index contributed by atoms with van der Waals surface area (Å²) in [7, 11) is 1.67. The second kappa shape index (κ2) is 9.87. The van der Waals surface area contributed by atoms with Gasteiger partial charge in [0.2, 0.25) is 5.91 Å². The summed E-state index contributed by atoms with van der Waals surface area (Å²) in [6.07, 6.45) is 6.31. The SMILES string of the molecule is COc1ccc(C(CNC(=O)CCCc2c[nH]c3ccccc23)c2c[nH]c3ccccc23)cc1. The van der Waals surface area contributed by atoms with Crippen LogP contribution >= 0.6 is 0 Å². The Labute approximate surface area is 199 Å². The fourth-order valence-corrected chi connectivity index (χ4v) is 4.71. The maximum absolute atomic E-state index is 12.8. The normalized spacial score (nSPS) is 12.1. The van der Waals surface area contributed by atoms with Crippen molar-refractivity contribution in [2.24, 2.45) is 0 Å². The number of hydrogen-bond acceptors (Lipinski definition) is 2. The van der Waals surface area contributed by atoms with Crippen LogP contribution in [0.4, 0.5) is 0 Å². The summed E-state index contributed by atoms with van der Waals surface area (Å²) >= 11 is 0. The second-order valence-corrected chi connectivity index (χ2v) is 8.63. The van der Waals surface area contributed by atoms with Crippen molar-refractivity contribution in [3.63, 3.8) is 0 Å². The molecule has 3 N–H and O–H groups in total. The molecule has 5 nitrogen and oxygen atoms in total. The van der Waals surface area contributed by atoms with E-state index in [9.17, 15) is 4.79 Å². The summed E-state index contributed by atoms with van der Waals surface area (Å²) in [6.45, 7) is 0.542. The van der Waals surface area contributed by atoms with Crippen molar-refractivity contribution in [1.82, 2.24) is 15.3 Å². The minimum atomic E-state index is 0.0413. The Morgan fingerprint density at radius 1 is 0.882 bits per heavy atom. The van der Waals surface area contributed by atoms with Gasteiger partial charge in [-0.15, -0.1) is 0 Å². The van der Waals surface area contributed by atoms with Crippen molar-refractivity contribution >= 4 is 27.7 Å². The smallest absolute Gasteiger partial charge is 0.220 e. The van der Waals surface area contributed by atoms with E-state index in [0.717, 1.165) is 35.2 Å². The molecule has 0 bridgehead atoms. The third-order valence-corrected chi connectivity index (χ3v) is 6.54. The largest absolute Gasteiger partial charge is 0.497 e. The molecular weight excluding hydrogens is 422 g/mol. The van der Waals surface area contributed by atoms with Gasteiger partial charge in [-0.3, -0.25) is 4.79 Å². The second-order valence-electron chi connectivity index (χ2n) is 8.63. The highest BCUT2D eigenvalue weighted by Gasteiger charge is 2.19. The molecule has 0 spiro atoms. The summed E-state index contributed by atoms with van der Waals surface area (Å²) in [5.41, 5.74) is 5.83. The van der Waals surface area contributed by atoms with Gasteiger partial charge in [0.25, 0.3) is 0 Å². The van der Waals surface area contributed by atoms with Crippen LogP contribution < -0.4 is 10.1 Å². The van der Waals surface area contributed by atoms with Crippen molar-refractivity contribution in [2.75, 3.05) is 13.7 Å². The lowest BCUT2D eigenvalue weighted by Gasteiger charge is -2.19. The zero-order chi connectivity index (χ0) is 23.3. The average molecular weight is 452 g/mol. The number of H-pyrrole nitrogens is 2. The molecule has 172 valence electrons. The van der Waals surface area contributed by atoms with Crippen LogP contribution in [0.2, 0.25) is 0 Å². The molecule has 2 heterocycles. The monoisotopic (exact) mass is 451 g/mol. The number of carbonyl (C=O) groups excluding carboxylic acids is 1. The van der Waals surface area contributed by atoms with Crippen molar-refractivity contribution in [3.05, 3.63) is 102 Å². The van der Waals surface area contributed by atoms with Gasteiger partial charge < -0.3 is 20.0 Å². The number of hydrogen-bond donors (Lipinski definition) is 3. The van der Waals surface area contributed by atoms with Crippen LogP contribution in [0.15, 0.2) is 85.2 Å². The molecule has 0 fully saturated rings. The molecule has 0 saturated heterocycles. The van der Waals surface area contributed by atoms with Crippen LogP contribution in [0.1, 0.15) is 35.4 Å². The minimum absolute atomic E-state index is 0.0413. The fraction of sp³-hybridized carbons (Fsp3) is 0.207. The van der Waals surface area contributed by atoms with E-state index in [1.165, 1.54) is 21.9 Å². The summed E-state index contributed by atoms with van der Waals surface area (Å²) in [4.78, 5) is 19.4. The molecule has 0 radical (unpaired) electrons. The maximum atomic E-state index is 12.8. The van der Waals surface area contributed by atoms with Gasteiger partial charge >= 0.3 is 0 Å². The van der Waals surface area contributed by atoms with E-state index in [1.54, 1.807) is 7.11 Å². The van der Waals surface area contributed by atoms with E-state index in [4.69, 9.17) is 4.74 Å². The third kappa shape index (κ3) is 4.55. The van der Waals surface area contributed by atoms with Gasteiger partial charge in [0, 0.05) is 53.1 Å². The number of benzene rings is 3. The standard InChI is InChI=1S/C29H29N3O2/c1-34-22-15-13-20(14-16-22)25(26-19-31-28-11-5-3-9-24(26)28)18-32-29(33)12-6-7-21-17-30-27-10-4-2-8-23(21)27/h2-5,8-11,13-17,19,25,30-31H,6-7,12,18H2,1H3,(H,32,33). The minimum Gasteiger partial charge on any atom is -0.497 e. The molecule has 5 heteroatoms. The molecule has 5 rings (SSSR count). The number of aryl methyl sites for hydroxylation is 1. The Hall–Kier alpha value is -3.99. The van der Waals surface area contributed by atoms with E-state index in [2.05, 4.69) is 70.1 Å². The number of methoxy groups -OCH3 is 1. The Balaban J connectivity index is 1.27. The van der Waals surface area contributed by atoms with Gasteiger partial charge in [-0.2, -0.15) is 0 Å². The van der Waals surface area contributed by atoms with E-state index >= 15 is 0 Å². The Kier molecular flexibility index (Phi) is 6.34. The fourth-order valence-electron chi connectivity index (χ4n) is 4.71. The number of nitrogens with one attached hydrogen (secondary N) is 3. The first kappa shape index (κ1) is 21.8. The summed E-state index contributed by atoms with van der Waals surface area (Å²) in [5.74, 6) is 0.945. The van der Waals surface area contributed by atoms with Crippen molar-refractivity contribution in [3.8, 4) is 5.75 Å². The average Bonchev–Trinajstić information content (AvgIpc) is 3.49. The van der Waals surface area contributed by atoms with Crippen LogP contribution in [-0.2, 0) is 11.2 Å². The number of para-hydroxylation sites is 2. The lowest BCUT2D eigenvalue weighted by Crippen LogP contribution is -2.28. The topological polar surface area (TPSA) is 69.9 Å². The number of carbonyl (C=O) groups is 1. The lowest BCUT2D eigenvalue weighted by atomic mass is 9.90. The molecule has 3 aromatic carbocycles. The Morgan fingerprint density at radius 2 is 1.56 bits per heavy atom. The molecule has 0 saturated carbocycles. The highest BCUT2D eigenvalue weighted by atomic mass is 16.5. The first-order valence-corrected chi connectivity index (χ1v) is 11.7. The molecule has 1 amide bonds. The predicted octanol–water partition coefficient (Wildman–Crippen LogP) is 5.93. The molecule has 2 aromatic heterocycles. The van der Waals surface area contributed by atoms with Crippen LogP contribution in [0.3, 0.4) is 0 Å². The predicted molar refractivity (Wildman–Crippen MR) is 137 cm³/mol. The van der Waals surface area contributed by atoms with Crippen LogP contribution in [0.5, 0.6) is 5.75 Å². The number of fused-ring (bicyclic) bond motifs is 2. The zero-order valence-electron chi connectivity index (χ0n) is 19.3. The number of aromatic amines is 2. The molecule has 5 aromatic rings. The van der Waals surface area contributed by atoms with Crippen LogP contribution in [-0.4, -0.2) is 29.5 Å². The molecule has 1 unspecified atom stereocenters. The van der Waals surface area contributed by atoms with Gasteiger partial charge in [0.15, 0.2) is 0 Å². The van der Waals surface area contributed by atoms with E-state index in [0.29, 0.717) is 13.0 Å². The Morgan fingerprint density at radius 3 is 2.32 bits per heavy atom. The summed E-state index contributed by atoms with van der Waals surface area (Å²) in [6, 6.07) is 24.7. The van der Waals surface area contributed by atoms with Gasteiger partial charge in [0.1, 0.15) is 5.75 Å². The zero-order valence-corrected chi connectivity index (χ0v) is 19.3. The number of aromatic nitrogens is 2. The summed E-state index contributed by atoms with van der Waals surface area (Å²) < 4.78 is 5.33. The van der Waals surface area contributed by atoms with Crippen molar-refractivity contribution < 1.29 is 9.53 Å². The molecule has 0 aliphatic carbocycles. The highest BCUT2D eigenvalue weighted by Crippen LogP contribution is 2.31. The highest BCUT2D eigenvalue weighted by molar-refractivity contribution is 5.85. The van der Waals surface area contributed by atoms with E-state index < -0.39 is 0 Å². The van der Waals surface area contributed by atoms with Crippen molar-refractivity contribution in [1.29, 1.82) is 0 Å². The van der Waals surface area contributed by atoms with Gasteiger partial charge in [-0.05, 0) is 53.8 Å². The number of rotatable bonds is 9. The first-order valence-electron chi connectivity index (χ1n) is 11.7. The Bertz CT molecular complexity index is 1400.